The summed E-state index contributed by atoms with van der Waals surface area (Å²) in [6, 6.07) is 9.14. The molecule has 0 atom stereocenters. The van der Waals surface area contributed by atoms with Crippen LogP contribution in [0.3, 0.4) is 0 Å². The Labute approximate surface area is 208 Å². The fraction of sp³-hybridized carbons (Fsp3) is 0.292. The Hall–Kier alpha value is -2.82. The topological polar surface area (TPSA) is 64.6 Å². The van der Waals surface area contributed by atoms with E-state index in [0.717, 1.165) is 43.1 Å². The molecule has 3 aromatic rings. The van der Waals surface area contributed by atoms with Gasteiger partial charge in [-0.2, -0.15) is 23.3 Å². The van der Waals surface area contributed by atoms with Gasteiger partial charge in [0.15, 0.2) is 5.17 Å². The van der Waals surface area contributed by atoms with Gasteiger partial charge in [-0.15, -0.1) is 0 Å². The first-order chi connectivity index (χ1) is 16.7. The monoisotopic (exact) mass is 519 g/mol. The largest absolute Gasteiger partial charge is 0.416 e. The first kappa shape index (κ1) is 23.9. The number of H-pyrrole nitrogens is 1. The van der Waals surface area contributed by atoms with E-state index in [4.69, 9.17) is 11.6 Å². The Morgan fingerprint density at radius 3 is 2.66 bits per heavy atom. The Morgan fingerprint density at radius 2 is 1.91 bits per heavy atom. The summed E-state index contributed by atoms with van der Waals surface area (Å²) in [5, 5.41) is 8.28. The predicted octanol–water partition coefficient (Wildman–Crippen LogP) is 5.07. The van der Waals surface area contributed by atoms with Gasteiger partial charge < -0.3 is 9.80 Å². The number of aromatic amines is 1. The van der Waals surface area contributed by atoms with Crippen LogP contribution in [0.15, 0.2) is 52.5 Å². The zero-order valence-corrected chi connectivity index (χ0v) is 20.3. The number of amides is 1. The summed E-state index contributed by atoms with van der Waals surface area (Å²) >= 11 is 7.12. The van der Waals surface area contributed by atoms with E-state index < -0.39 is 17.6 Å². The van der Waals surface area contributed by atoms with Crippen molar-refractivity contribution in [3.8, 4) is 0 Å². The number of piperazine rings is 1. The molecule has 0 unspecified atom stereocenters. The van der Waals surface area contributed by atoms with Crippen LogP contribution in [0.4, 0.5) is 13.2 Å². The standard InChI is InChI=1S/C24H21ClF3N5OS/c1-32-6-8-33(9-7-32)23-30-22(34)21(35-23)18(14-3-5-20-16(10-14)13-29-31-20)11-15-2-4-17(25)12-19(15)24(26,27)28/h2-5,10,12-13H,6-9,11H2,1H3,(H,29,31). The van der Waals surface area contributed by atoms with E-state index >= 15 is 0 Å². The number of nitrogens with zero attached hydrogens (tertiary/aromatic N) is 4. The smallest absolute Gasteiger partial charge is 0.348 e. The van der Waals surface area contributed by atoms with Gasteiger partial charge in [-0.05, 0) is 66.2 Å². The lowest BCUT2D eigenvalue weighted by atomic mass is 9.93. The number of fused-ring (bicyclic) bond motifs is 1. The molecule has 0 radical (unpaired) electrons. The quantitative estimate of drug-likeness (QED) is 0.490. The maximum absolute atomic E-state index is 13.8. The Balaban J connectivity index is 1.58. The highest BCUT2D eigenvalue weighted by atomic mass is 35.5. The van der Waals surface area contributed by atoms with Crippen LogP contribution in [0.5, 0.6) is 0 Å². The lowest BCUT2D eigenvalue weighted by Gasteiger charge is -2.33. The summed E-state index contributed by atoms with van der Waals surface area (Å²) in [7, 11) is 2.03. The highest BCUT2D eigenvalue weighted by Gasteiger charge is 2.35. The van der Waals surface area contributed by atoms with E-state index in [2.05, 4.69) is 25.0 Å². The summed E-state index contributed by atoms with van der Waals surface area (Å²) in [6.45, 7) is 3.15. The number of hydrogen-bond acceptors (Lipinski definition) is 5. The van der Waals surface area contributed by atoms with Gasteiger partial charge in [0.25, 0.3) is 5.91 Å². The number of aromatic nitrogens is 2. The number of amidine groups is 1. The number of aliphatic imine (C=N–C) groups is 1. The van der Waals surface area contributed by atoms with Gasteiger partial charge in [-0.1, -0.05) is 23.7 Å². The van der Waals surface area contributed by atoms with Crippen LogP contribution in [0, 0.1) is 0 Å². The number of halogens is 4. The van der Waals surface area contributed by atoms with Crippen molar-refractivity contribution in [1.82, 2.24) is 20.0 Å². The molecule has 0 saturated carbocycles. The molecule has 0 spiro atoms. The molecule has 1 amide bonds. The van der Waals surface area contributed by atoms with Crippen molar-refractivity contribution in [3.63, 3.8) is 0 Å². The molecule has 35 heavy (non-hydrogen) atoms. The van der Waals surface area contributed by atoms with Crippen LogP contribution in [0.1, 0.15) is 16.7 Å². The molecule has 2 aliphatic heterocycles. The van der Waals surface area contributed by atoms with Crippen molar-refractivity contribution in [2.24, 2.45) is 4.99 Å². The molecular formula is C24H21ClF3N5OS. The minimum absolute atomic E-state index is 0.00194. The third-order valence-electron chi connectivity index (χ3n) is 6.17. The average Bonchev–Trinajstić information content (AvgIpc) is 3.44. The van der Waals surface area contributed by atoms with Crippen LogP contribution in [-0.2, 0) is 17.4 Å². The maximum Gasteiger partial charge on any atom is 0.416 e. The molecule has 5 rings (SSSR count). The molecule has 0 bridgehead atoms. The number of carbonyl (C=O) groups is 1. The van der Waals surface area contributed by atoms with Crippen molar-refractivity contribution in [2.45, 2.75) is 12.6 Å². The summed E-state index contributed by atoms with van der Waals surface area (Å²) in [5.74, 6) is -0.436. The van der Waals surface area contributed by atoms with Crippen molar-refractivity contribution >= 4 is 50.9 Å². The molecule has 2 aliphatic rings. The number of likely N-dealkylation sites (N-methyl/N-ethyl adjacent to an activating group) is 1. The zero-order valence-electron chi connectivity index (χ0n) is 18.7. The third-order valence-corrected chi connectivity index (χ3v) is 7.56. The third kappa shape index (κ3) is 4.96. The second kappa shape index (κ2) is 9.33. The van der Waals surface area contributed by atoms with E-state index in [9.17, 15) is 18.0 Å². The van der Waals surface area contributed by atoms with E-state index in [0.29, 0.717) is 21.2 Å². The molecule has 6 nitrogen and oxygen atoms in total. The van der Waals surface area contributed by atoms with Gasteiger partial charge in [0, 0.05) is 36.6 Å². The second-order valence-corrected chi connectivity index (χ2v) is 9.96. The number of nitrogens with one attached hydrogen (secondary N) is 1. The minimum atomic E-state index is -4.58. The van der Waals surface area contributed by atoms with E-state index in [-0.39, 0.29) is 17.0 Å². The van der Waals surface area contributed by atoms with E-state index in [1.165, 1.54) is 23.9 Å². The van der Waals surface area contributed by atoms with Gasteiger partial charge in [0.1, 0.15) is 0 Å². The van der Waals surface area contributed by atoms with Crippen molar-refractivity contribution in [2.75, 3.05) is 33.2 Å². The van der Waals surface area contributed by atoms with Crippen molar-refractivity contribution in [3.05, 3.63) is 69.2 Å². The molecule has 1 fully saturated rings. The molecule has 11 heteroatoms. The molecule has 1 aromatic heterocycles. The predicted molar refractivity (Wildman–Crippen MR) is 132 cm³/mol. The van der Waals surface area contributed by atoms with Crippen LogP contribution < -0.4 is 0 Å². The van der Waals surface area contributed by atoms with Gasteiger partial charge in [0.2, 0.25) is 0 Å². The van der Waals surface area contributed by atoms with Gasteiger partial charge in [-0.25, -0.2) is 0 Å². The highest BCUT2D eigenvalue weighted by molar-refractivity contribution is 8.18. The Morgan fingerprint density at radius 1 is 1.14 bits per heavy atom. The number of alkyl halides is 3. The Kier molecular flexibility index (Phi) is 6.37. The average molecular weight is 520 g/mol. The van der Waals surface area contributed by atoms with Gasteiger partial charge in [0.05, 0.1) is 22.2 Å². The first-order valence-corrected chi connectivity index (χ1v) is 12.1. The minimum Gasteiger partial charge on any atom is -0.348 e. The molecule has 3 heterocycles. The second-order valence-electron chi connectivity index (χ2n) is 8.55. The first-order valence-electron chi connectivity index (χ1n) is 11.0. The van der Waals surface area contributed by atoms with Gasteiger partial charge >= 0.3 is 6.18 Å². The van der Waals surface area contributed by atoms with Crippen LogP contribution >= 0.6 is 23.4 Å². The lowest BCUT2D eigenvalue weighted by molar-refractivity contribution is -0.138. The number of carbonyl (C=O) groups excluding carboxylic acids is 1. The van der Waals surface area contributed by atoms with Crippen LogP contribution in [0.25, 0.3) is 16.5 Å². The molecule has 1 saturated heterocycles. The van der Waals surface area contributed by atoms with Crippen molar-refractivity contribution < 1.29 is 18.0 Å². The fourth-order valence-corrected chi connectivity index (χ4v) is 5.46. The molecular weight excluding hydrogens is 499 g/mol. The number of rotatable bonds is 3. The molecule has 0 aliphatic carbocycles. The van der Waals surface area contributed by atoms with Crippen LogP contribution in [-0.4, -0.2) is 64.3 Å². The summed E-state index contributed by atoms with van der Waals surface area (Å²) in [4.78, 5) is 21.9. The summed E-state index contributed by atoms with van der Waals surface area (Å²) < 4.78 is 41.5. The molecule has 1 N–H and O–H groups in total. The normalized spacial score (nSPS) is 18.9. The number of hydrogen-bond donors (Lipinski definition) is 1. The fourth-order valence-electron chi connectivity index (χ4n) is 4.22. The van der Waals surface area contributed by atoms with E-state index in [1.807, 2.05) is 13.1 Å². The molecule has 2 aromatic carbocycles. The summed E-state index contributed by atoms with van der Waals surface area (Å²) in [6.07, 6.45) is -3.05. The maximum atomic E-state index is 13.8. The number of allylic oxidation sites excluding steroid dienone is 1. The summed E-state index contributed by atoms with van der Waals surface area (Å²) in [5.41, 5.74) is 1.15. The SMILES string of the molecule is CN1CCN(C2=NC(=O)C(=C(Cc3ccc(Cl)cc3C(F)(F)F)c3ccc4[nH]ncc4c3)S2)CC1. The highest BCUT2D eigenvalue weighted by Crippen LogP contribution is 2.40. The van der Waals surface area contributed by atoms with Gasteiger partial charge in [-0.3, -0.25) is 9.89 Å². The number of thioether (sulfide) groups is 1. The Bertz CT molecular complexity index is 1360. The lowest BCUT2D eigenvalue weighted by Crippen LogP contribution is -2.46. The molecule has 182 valence electrons. The van der Waals surface area contributed by atoms with Crippen molar-refractivity contribution in [1.29, 1.82) is 0 Å². The van der Waals surface area contributed by atoms with E-state index in [1.54, 1.807) is 18.3 Å². The number of benzene rings is 2. The van der Waals surface area contributed by atoms with Crippen LogP contribution in [0.2, 0.25) is 5.02 Å². The zero-order chi connectivity index (χ0) is 24.7.